The quantitative estimate of drug-likeness (QED) is 0.364. The number of imidazole rings is 1. The smallest absolute Gasteiger partial charge is 0.342 e. The number of nitrogens with zero attached hydrogens (tertiary/aromatic N) is 4. The van der Waals surface area contributed by atoms with Crippen molar-refractivity contribution in [3.63, 3.8) is 0 Å². The Morgan fingerprint density at radius 3 is 2.92 bits per heavy atom. The van der Waals surface area contributed by atoms with E-state index in [0.717, 1.165) is 0 Å². The topological polar surface area (TPSA) is 73.3 Å². The van der Waals surface area contributed by atoms with Crippen LogP contribution >= 0.6 is 0 Å². The average Bonchev–Trinajstić information content (AvgIpc) is 2.34. The molecule has 0 N–H and O–H groups in total. The Hall–Kier alpha value is -1.72. The third-order valence-corrected chi connectivity index (χ3v) is 1.43. The van der Waals surface area contributed by atoms with Crippen molar-refractivity contribution < 1.29 is 4.92 Å². The molecule has 6 heteroatoms. The summed E-state index contributed by atoms with van der Waals surface area (Å²) in [6.45, 7) is 0. The zero-order chi connectivity index (χ0) is 9.14. The minimum Gasteiger partial charge on any atom is -0.358 e. The van der Waals surface area contributed by atoms with Crippen LogP contribution in [-0.4, -0.2) is 27.7 Å². The Bertz CT molecular complexity index is 328. The van der Waals surface area contributed by atoms with Crippen LogP contribution in [-0.2, 0) is 7.05 Å². The summed E-state index contributed by atoms with van der Waals surface area (Å²) in [7, 11) is 3.16. The molecular formula is C6H8N4O2. The number of nitro groups is 1. The molecule has 0 aliphatic heterocycles. The number of hydrogen-bond acceptors (Lipinski definition) is 4. The summed E-state index contributed by atoms with van der Waals surface area (Å²) in [6, 6.07) is 0. The molecule has 1 heterocycles. The van der Waals surface area contributed by atoms with Crippen molar-refractivity contribution >= 4 is 12.0 Å². The van der Waals surface area contributed by atoms with E-state index >= 15 is 0 Å². The van der Waals surface area contributed by atoms with Gasteiger partial charge in [0, 0.05) is 7.05 Å². The number of aliphatic imine (C=N–C) groups is 1. The van der Waals surface area contributed by atoms with Gasteiger partial charge in [-0.15, -0.1) is 0 Å². The lowest BCUT2D eigenvalue weighted by Gasteiger charge is -1.92. The van der Waals surface area contributed by atoms with Crippen molar-refractivity contribution in [2.24, 2.45) is 12.0 Å². The summed E-state index contributed by atoms with van der Waals surface area (Å²) < 4.78 is 1.37. The van der Waals surface area contributed by atoms with Crippen LogP contribution in [0.3, 0.4) is 0 Å². The van der Waals surface area contributed by atoms with Crippen LogP contribution < -0.4 is 0 Å². The average molecular weight is 168 g/mol. The summed E-state index contributed by atoms with van der Waals surface area (Å²) in [5.41, 5.74) is 0. The molecule has 0 unspecified atom stereocenters. The van der Waals surface area contributed by atoms with Crippen molar-refractivity contribution in [1.29, 1.82) is 0 Å². The highest BCUT2D eigenvalue weighted by molar-refractivity contribution is 5.75. The maximum atomic E-state index is 10.3. The van der Waals surface area contributed by atoms with Crippen LogP contribution in [0.1, 0.15) is 5.82 Å². The van der Waals surface area contributed by atoms with E-state index in [1.165, 1.54) is 17.0 Å². The second-order valence-corrected chi connectivity index (χ2v) is 2.18. The van der Waals surface area contributed by atoms with Crippen LogP contribution in [0.5, 0.6) is 0 Å². The van der Waals surface area contributed by atoms with Crippen LogP contribution in [0.15, 0.2) is 11.2 Å². The Morgan fingerprint density at radius 2 is 2.50 bits per heavy atom. The van der Waals surface area contributed by atoms with Gasteiger partial charge in [0.2, 0.25) is 5.82 Å². The van der Waals surface area contributed by atoms with E-state index in [1.54, 1.807) is 14.1 Å². The summed E-state index contributed by atoms with van der Waals surface area (Å²) in [6.07, 6.45) is 2.67. The van der Waals surface area contributed by atoms with E-state index in [2.05, 4.69) is 9.98 Å². The number of rotatable bonds is 2. The summed E-state index contributed by atoms with van der Waals surface area (Å²) in [4.78, 5) is 17.4. The van der Waals surface area contributed by atoms with Crippen molar-refractivity contribution in [3.05, 3.63) is 22.1 Å². The molecule has 0 saturated heterocycles. The van der Waals surface area contributed by atoms with Gasteiger partial charge in [0.1, 0.15) is 6.20 Å². The van der Waals surface area contributed by atoms with Gasteiger partial charge in [-0.05, 0) is 4.92 Å². The molecule has 12 heavy (non-hydrogen) atoms. The standard InChI is InChI=1S/C6H8N4O2/c1-7-3-5-8-4-6(9(5)2)10(11)12/h3-4H,1-2H3. The van der Waals surface area contributed by atoms with Gasteiger partial charge in [-0.1, -0.05) is 0 Å². The van der Waals surface area contributed by atoms with Gasteiger partial charge in [-0.3, -0.25) is 4.99 Å². The molecule has 0 aromatic carbocycles. The fraction of sp³-hybridized carbons (Fsp3) is 0.333. The molecule has 6 nitrogen and oxygen atoms in total. The SMILES string of the molecule is CN=Cc1ncc([N+](=O)[O-])n1C. The summed E-state index contributed by atoms with van der Waals surface area (Å²) in [5, 5.41) is 10.3. The molecular weight excluding hydrogens is 160 g/mol. The molecule has 0 aliphatic rings. The molecule has 0 fully saturated rings. The predicted molar refractivity (Wildman–Crippen MR) is 43.4 cm³/mol. The zero-order valence-electron chi connectivity index (χ0n) is 6.76. The molecule has 64 valence electrons. The monoisotopic (exact) mass is 168 g/mol. The van der Waals surface area contributed by atoms with Gasteiger partial charge in [0.25, 0.3) is 0 Å². The Balaban J connectivity index is 3.12. The van der Waals surface area contributed by atoms with E-state index in [0.29, 0.717) is 5.82 Å². The molecule has 1 aromatic heterocycles. The molecule has 0 saturated carbocycles. The second-order valence-electron chi connectivity index (χ2n) is 2.18. The van der Waals surface area contributed by atoms with Gasteiger partial charge in [-0.2, -0.15) is 0 Å². The first kappa shape index (κ1) is 8.38. The molecule has 0 atom stereocenters. The van der Waals surface area contributed by atoms with Gasteiger partial charge < -0.3 is 10.1 Å². The van der Waals surface area contributed by atoms with Crippen LogP contribution in [0.25, 0.3) is 0 Å². The summed E-state index contributed by atoms with van der Waals surface area (Å²) in [5.74, 6) is 0.439. The first-order chi connectivity index (χ1) is 5.66. The van der Waals surface area contributed by atoms with Crippen molar-refractivity contribution in [2.45, 2.75) is 0 Å². The lowest BCUT2D eigenvalue weighted by atomic mass is 10.6. The maximum absolute atomic E-state index is 10.3. The molecule has 0 bridgehead atoms. The van der Waals surface area contributed by atoms with Crippen molar-refractivity contribution in [1.82, 2.24) is 9.55 Å². The Morgan fingerprint density at radius 1 is 1.83 bits per heavy atom. The second kappa shape index (κ2) is 3.12. The Labute approximate surface area is 68.7 Å². The Kier molecular flexibility index (Phi) is 2.18. The fourth-order valence-corrected chi connectivity index (χ4v) is 0.819. The van der Waals surface area contributed by atoms with Gasteiger partial charge >= 0.3 is 5.82 Å². The first-order valence-electron chi connectivity index (χ1n) is 3.25. The highest BCUT2D eigenvalue weighted by Crippen LogP contribution is 2.09. The van der Waals surface area contributed by atoms with E-state index in [9.17, 15) is 10.1 Å². The van der Waals surface area contributed by atoms with Gasteiger partial charge in [0.15, 0.2) is 0 Å². The highest BCUT2D eigenvalue weighted by Gasteiger charge is 2.13. The minimum atomic E-state index is -0.486. The van der Waals surface area contributed by atoms with E-state index < -0.39 is 4.92 Å². The van der Waals surface area contributed by atoms with Gasteiger partial charge in [-0.25, -0.2) is 9.55 Å². The number of hydrogen-bond donors (Lipinski definition) is 0. The zero-order valence-corrected chi connectivity index (χ0v) is 6.76. The lowest BCUT2D eigenvalue weighted by molar-refractivity contribution is -0.391. The van der Waals surface area contributed by atoms with E-state index in [-0.39, 0.29) is 5.82 Å². The molecule has 0 amide bonds. The predicted octanol–water partition coefficient (Wildman–Crippen LogP) is 0.377. The van der Waals surface area contributed by atoms with E-state index in [1.807, 2.05) is 0 Å². The van der Waals surface area contributed by atoms with Crippen molar-refractivity contribution in [3.8, 4) is 0 Å². The largest absolute Gasteiger partial charge is 0.358 e. The molecule has 1 rings (SSSR count). The fourth-order valence-electron chi connectivity index (χ4n) is 0.819. The maximum Gasteiger partial charge on any atom is 0.342 e. The van der Waals surface area contributed by atoms with Crippen LogP contribution in [0.4, 0.5) is 5.82 Å². The normalized spacial score (nSPS) is 10.8. The minimum absolute atomic E-state index is 0.0371. The van der Waals surface area contributed by atoms with Crippen LogP contribution in [0, 0.1) is 10.1 Å². The highest BCUT2D eigenvalue weighted by atomic mass is 16.6. The first-order valence-corrected chi connectivity index (χ1v) is 3.25. The van der Waals surface area contributed by atoms with Gasteiger partial charge in [0.05, 0.1) is 13.3 Å². The number of aromatic nitrogens is 2. The lowest BCUT2D eigenvalue weighted by Crippen LogP contribution is -2.00. The van der Waals surface area contributed by atoms with E-state index in [4.69, 9.17) is 0 Å². The molecule has 1 aromatic rings. The third-order valence-electron chi connectivity index (χ3n) is 1.43. The molecule has 0 spiro atoms. The van der Waals surface area contributed by atoms with Crippen LogP contribution in [0.2, 0.25) is 0 Å². The molecule has 0 radical (unpaired) electrons. The molecule has 0 aliphatic carbocycles. The summed E-state index contributed by atoms with van der Waals surface area (Å²) >= 11 is 0. The third kappa shape index (κ3) is 1.31. The van der Waals surface area contributed by atoms with Crippen molar-refractivity contribution in [2.75, 3.05) is 7.05 Å².